The molecule has 23 heavy (non-hydrogen) atoms. The van der Waals surface area contributed by atoms with Crippen LogP contribution in [0.3, 0.4) is 0 Å². The van der Waals surface area contributed by atoms with Crippen molar-refractivity contribution < 1.29 is 9.52 Å². The zero-order valence-electron chi connectivity index (χ0n) is 13.1. The Morgan fingerprint density at radius 3 is 2.13 bits per heavy atom. The Hall–Kier alpha value is -2.59. The quantitative estimate of drug-likeness (QED) is 0.752. The van der Waals surface area contributed by atoms with Crippen molar-refractivity contribution in [1.29, 1.82) is 0 Å². The molecule has 1 aromatic heterocycles. The summed E-state index contributed by atoms with van der Waals surface area (Å²) in [6.45, 7) is 3.31. The first kappa shape index (κ1) is 15.3. The van der Waals surface area contributed by atoms with E-state index >= 15 is 0 Å². The highest BCUT2D eigenvalue weighted by Crippen LogP contribution is 2.35. The molecule has 0 aliphatic heterocycles. The lowest BCUT2D eigenvalue weighted by molar-refractivity contribution is 0.299. The average Bonchev–Trinajstić information content (AvgIpc) is 3.06. The van der Waals surface area contributed by atoms with Gasteiger partial charge < -0.3 is 14.4 Å². The molecule has 0 radical (unpaired) electrons. The van der Waals surface area contributed by atoms with Crippen molar-refractivity contribution in [2.24, 2.45) is 0 Å². The third kappa shape index (κ3) is 3.27. The number of rotatable bonds is 6. The maximum Gasteiger partial charge on any atom is 0.298 e. The molecular weight excluding hydrogens is 288 g/mol. The Labute approximate surface area is 136 Å². The molecule has 0 amide bonds. The normalized spacial score (nSPS) is 10.7. The summed E-state index contributed by atoms with van der Waals surface area (Å²) in [4.78, 5) is 6.62. The molecule has 1 N–H and O–H groups in total. The van der Waals surface area contributed by atoms with Crippen LogP contribution < -0.4 is 4.90 Å². The number of anilines is 1. The Kier molecular flexibility index (Phi) is 4.74. The largest absolute Gasteiger partial charge is 0.423 e. The lowest BCUT2D eigenvalue weighted by Crippen LogP contribution is -2.26. The number of oxazole rings is 1. The SMILES string of the molecule is CCN(CCO)c1nc(-c2ccccc2)c(-c2ccccc2)o1. The van der Waals surface area contributed by atoms with Crippen LogP contribution in [-0.4, -0.2) is 29.8 Å². The summed E-state index contributed by atoms with van der Waals surface area (Å²) in [6.07, 6.45) is 0. The van der Waals surface area contributed by atoms with Crippen molar-refractivity contribution in [3.8, 4) is 22.6 Å². The minimum absolute atomic E-state index is 0.0670. The van der Waals surface area contributed by atoms with E-state index in [9.17, 15) is 5.11 Å². The molecule has 118 valence electrons. The summed E-state index contributed by atoms with van der Waals surface area (Å²) in [5, 5.41) is 9.23. The van der Waals surface area contributed by atoms with Crippen LogP contribution in [0.1, 0.15) is 6.92 Å². The van der Waals surface area contributed by atoms with Gasteiger partial charge in [0.15, 0.2) is 5.76 Å². The lowest BCUT2D eigenvalue weighted by atomic mass is 10.1. The predicted octanol–water partition coefficient (Wildman–Crippen LogP) is 3.83. The van der Waals surface area contributed by atoms with Gasteiger partial charge in [0.25, 0.3) is 6.01 Å². The van der Waals surface area contributed by atoms with E-state index in [-0.39, 0.29) is 6.61 Å². The number of nitrogens with zero attached hydrogens (tertiary/aromatic N) is 2. The van der Waals surface area contributed by atoms with E-state index in [0.717, 1.165) is 29.1 Å². The second kappa shape index (κ2) is 7.11. The fraction of sp³-hybridized carbons (Fsp3) is 0.211. The summed E-state index contributed by atoms with van der Waals surface area (Å²) in [6, 6.07) is 20.5. The van der Waals surface area contributed by atoms with Gasteiger partial charge in [0.1, 0.15) is 5.69 Å². The number of aliphatic hydroxyl groups is 1. The minimum Gasteiger partial charge on any atom is -0.423 e. The average molecular weight is 308 g/mol. The van der Waals surface area contributed by atoms with Crippen LogP contribution in [0.25, 0.3) is 22.6 Å². The summed E-state index contributed by atoms with van der Waals surface area (Å²) >= 11 is 0. The molecule has 3 aromatic rings. The van der Waals surface area contributed by atoms with Gasteiger partial charge >= 0.3 is 0 Å². The van der Waals surface area contributed by atoms with Crippen LogP contribution in [0.15, 0.2) is 65.1 Å². The van der Waals surface area contributed by atoms with E-state index < -0.39 is 0 Å². The maximum absolute atomic E-state index is 9.23. The summed E-state index contributed by atoms with van der Waals surface area (Å²) in [5.74, 6) is 0.753. The third-order valence-corrected chi connectivity index (χ3v) is 3.72. The Morgan fingerprint density at radius 1 is 0.957 bits per heavy atom. The molecular formula is C19H20N2O2. The monoisotopic (exact) mass is 308 g/mol. The molecule has 0 aliphatic rings. The topological polar surface area (TPSA) is 49.5 Å². The molecule has 0 atom stereocenters. The molecule has 1 heterocycles. The van der Waals surface area contributed by atoms with Gasteiger partial charge in [-0.25, -0.2) is 0 Å². The molecule has 0 saturated heterocycles. The first-order chi connectivity index (χ1) is 11.3. The standard InChI is InChI=1S/C19H20N2O2/c1-2-21(13-14-22)19-20-17(15-9-5-3-6-10-15)18(23-19)16-11-7-4-8-12-16/h3-12,22H,2,13-14H2,1H3. The zero-order chi connectivity index (χ0) is 16.1. The van der Waals surface area contributed by atoms with Crippen LogP contribution in [0.5, 0.6) is 0 Å². The number of aromatic nitrogens is 1. The Bertz CT molecular complexity index is 682. The van der Waals surface area contributed by atoms with E-state index in [0.29, 0.717) is 12.6 Å². The lowest BCUT2D eigenvalue weighted by Gasteiger charge is -2.16. The zero-order valence-corrected chi connectivity index (χ0v) is 13.1. The van der Waals surface area contributed by atoms with Gasteiger partial charge in [-0.3, -0.25) is 0 Å². The van der Waals surface area contributed by atoms with Crippen molar-refractivity contribution in [2.45, 2.75) is 6.92 Å². The van der Waals surface area contributed by atoms with Gasteiger partial charge in [-0.15, -0.1) is 0 Å². The second-order valence-electron chi connectivity index (χ2n) is 5.21. The van der Waals surface area contributed by atoms with Gasteiger partial charge in [0.05, 0.1) is 6.61 Å². The molecule has 0 spiro atoms. The van der Waals surface area contributed by atoms with Crippen LogP contribution >= 0.6 is 0 Å². The smallest absolute Gasteiger partial charge is 0.298 e. The van der Waals surface area contributed by atoms with Crippen molar-refractivity contribution in [2.75, 3.05) is 24.6 Å². The minimum atomic E-state index is 0.0670. The number of likely N-dealkylation sites (N-methyl/N-ethyl adjacent to an activating group) is 1. The van der Waals surface area contributed by atoms with Crippen molar-refractivity contribution in [3.63, 3.8) is 0 Å². The van der Waals surface area contributed by atoms with E-state index in [2.05, 4.69) is 0 Å². The van der Waals surface area contributed by atoms with Crippen LogP contribution in [0, 0.1) is 0 Å². The highest BCUT2D eigenvalue weighted by molar-refractivity contribution is 5.78. The van der Waals surface area contributed by atoms with E-state index in [1.54, 1.807) is 0 Å². The molecule has 0 fully saturated rings. The number of hydrogen-bond donors (Lipinski definition) is 1. The number of benzene rings is 2. The molecule has 3 rings (SSSR count). The van der Waals surface area contributed by atoms with Gasteiger partial charge in [-0.1, -0.05) is 60.7 Å². The van der Waals surface area contributed by atoms with E-state index in [1.807, 2.05) is 72.5 Å². The Balaban J connectivity index is 2.11. The number of hydrogen-bond acceptors (Lipinski definition) is 4. The van der Waals surface area contributed by atoms with Gasteiger partial charge in [0, 0.05) is 24.2 Å². The highest BCUT2D eigenvalue weighted by atomic mass is 16.4. The molecule has 0 saturated carbocycles. The molecule has 0 aliphatic carbocycles. The fourth-order valence-electron chi connectivity index (χ4n) is 2.53. The predicted molar refractivity (Wildman–Crippen MR) is 92.3 cm³/mol. The molecule has 2 aromatic carbocycles. The third-order valence-electron chi connectivity index (χ3n) is 3.72. The molecule has 0 unspecified atom stereocenters. The second-order valence-corrected chi connectivity index (χ2v) is 5.21. The van der Waals surface area contributed by atoms with Gasteiger partial charge in [-0.2, -0.15) is 4.98 Å². The first-order valence-electron chi connectivity index (χ1n) is 7.81. The van der Waals surface area contributed by atoms with Gasteiger partial charge in [0.2, 0.25) is 0 Å². The molecule has 0 bridgehead atoms. The van der Waals surface area contributed by atoms with Crippen LogP contribution in [-0.2, 0) is 0 Å². The number of aliphatic hydroxyl groups excluding tert-OH is 1. The van der Waals surface area contributed by atoms with E-state index in [4.69, 9.17) is 9.40 Å². The van der Waals surface area contributed by atoms with Crippen LogP contribution in [0.4, 0.5) is 6.01 Å². The molecule has 4 heteroatoms. The van der Waals surface area contributed by atoms with Crippen LogP contribution in [0.2, 0.25) is 0 Å². The first-order valence-corrected chi connectivity index (χ1v) is 7.81. The van der Waals surface area contributed by atoms with Crippen molar-refractivity contribution >= 4 is 6.01 Å². The summed E-state index contributed by atoms with van der Waals surface area (Å²) in [7, 11) is 0. The summed E-state index contributed by atoms with van der Waals surface area (Å²) in [5.41, 5.74) is 2.83. The maximum atomic E-state index is 9.23. The Morgan fingerprint density at radius 2 is 1.57 bits per heavy atom. The van der Waals surface area contributed by atoms with Crippen molar-refractivity contribution in [1.82, 2.24) is 4.98 Å². The van der Waals surface area contributed by atoms with E-state index in [1.165, 1.54) is 0 Å². The highest BCUT2D eigenvalue weighted by Gasteiger charge is 2.19. The summed E-state index contributed by atoms with van der Waals surface area (Å²) < 4.78 is 6.06. The van der Waals surface area contributed by atoms with Gasteiger partial charge in [-0.05, 0) is 6.92 Å². The fourth-order valence-corrected chi connectivity index (χ4v) is 2.53. The molecule has 4 nitrogen and oxygen atoms in total. The van der Waals surface area contributed by atoms with Crippen molar-refractivity contribution in [3.05, 3.63) is 60.7 Å².